The molecule has 140 valence electrons. The summed E-state index contributed by atoms with van der Waals surface area (Å²) in [4.78, 5) is 14.2. The van der Waals surface area contributed by atoms with Gasteiger partial charge in [0.15, 0.2) is 0 Å². The Hall–Kier alpha value is -1.15. The summed E-state index contributed by atoms with van der Waals surface area (Å²) in [5.41, 5.74) is 0. The van der Waals surface area contributed by atoms with E-state index in [9.17, 15) is 13.2 Å². The van der Waals surface area contributed by atoms with Gasteiger partial charge in [-0.2, -0.15) is 0 Å². The van der Waals surface area contributed by atoms with E-state index >= 15 is 0 Å². The average molecular weight is 388 g/mol. The molecule has 25 heavy (non-hydrogen) atoms. The molecule has 1 saturated heterocycles. The topological polar surface area (TPSA) is 78.5 Å². The summed E-state index contributed by atoms with van der Waals surface area (Å²) in [6.45, 7) is 2.92. The molecular weight excluding hydrogens is 362 g/mol. The van der Waals surface area contributed by atoms with Crippen molar-refractivity contribution in [3.63, 3.8) is 0 Å². The fourth-order valence-corrected chi connectivity index (χ4v) is 4.44. The molecule has 1 heterocycles. The van der Waals surface area contributed by atoms with Gasteiger partial charge in [0.25, 0.3) is 0 Å². The van der Waals surface area contributed by atoms with Crippen molar-refractivity contribution >= 4 is 27.5 Å². The lowest BCUT2D eigenvalue weighted by atomic mass is 9.94. The average Bonchev–Trinajstić information content (AvgIpc) is 2.57. The van der Waals surface area contributed by atoms with E-state index in [2.05, 4.69) is 22.0 Å². The van der Waals surface area contributed by atoms with Gasteiger partial charge in [-0.25, -0.2) is 13.1 Å². The summed E-state index contributed by atoms with van der Waals surface area (Å²) in [7, 11) is -1.57. The largest absolute Gasteiger partial charge is 0.356 e. The van der Waals surface area contributed by atoms with Crippen LogP contribution in [0.15, 0.2) is 29.2 Å². The highest BCUT2D eigenvalue weighted by atomic mass is 35.5. The fourth-order valence-electron chi connectivity index (χ4n) is 2.89. The first-order valence-electron chi connectivity index (χ1n) is 8.58. The zero-order valence-electron chi connectivity index (χ0n) is 14.5. The molecule has 0 aromatic heterocycles. The molecule has 0 bridgehead atoms. The second-order valence-electron chi connectivity index (χ2n) is 6.46. The van der Waals surface area contributed by atoms with Crippen LogP contribution in [0.3, 0.4) is 0 Å². The minimum atomic E-state index is -3.70. The standard InChI is InChI=1S/C17H26ClN3O3S/c1-21-12-8-14(9-13-21)6-10-19-17(22)7-11-20-25(23,24)16-5-3-2-4-15(16)18/h2-5,14,20H,6-13H2,1H3,(H,19,22). The zero-order valence-corrected chi connectivity index (χ0v) is 16.1. The number of sulfonamides is 1. The third-order valence-electron chi connectivity index (χ3n) is 4.48. The lowest BCUT2D eigenvalue weighted by molar-refractivity contribution is -0.120. The van der Waals surface area contributed by atoms with Gasteiger partial charge in [0.05, 0.1) is 5.02 Å². The van der Waals surface area contributed by atoms with Crippen molar-refractivity contribution in [1.82, 2.24) is 14.9 Å². The van der Waals surface area contributed by atoms with E-state index in [0.717, 1.165) is 19.5 Å². The quantitative estimate of drug-likeness (QED) is 0.713. The van der Waals surface area contributed by atoms with Crippen LogP contribution in [0.2, 0.25) is 5.02 Å². The highest BCUT2D eigenvalue weighted by Crippen LogP contribution is 2.20. The van der Waals surface area contributed by atoms with E-state index in [-0.39, 0.29) is 28.8 Å². The molecule has 1 aliphatic rings. The summed E-state index contributed by atoms with van der Waals surface area (Å²) in [5.74, 6) is 0.519. The lowest BCUT2D eigenvalue weighted by Gasteiger charge is -2.28. The maximum Gasteiger partial charge on any atom is 0.242 e. The smallest absolute Gasteiger partial charge is 0.242 e. The molecule has 0 atom stereocenters. The zero-order chi connectivity index (χ0) is 18.3. The minimum Gasteiger partial charge on any atom is -0.356 e. The van der Waals surface area contributed by atoms with Crippen molar-refractivity contribution in [2.75, 3.05) is 33.2 Å². The molecule has 1 aromatic carbocycles. The fraction of sp³-hybridized carbons (Fsp3) is 0.588. The maximum absolute atomic E-state index is 12.2. The highest BCUT2D eigenvalue weighted by molar-refractivity contribution is 7.89. The van der Waals surface area contributed by atoms with Gasteiger partial charge in [-0.05, 0) is 57.5 Å². The Bertz CT molecular complexity index is 673. The van der Waals surface area contributed by atoms with Gasteiger partial charge >= 0.3 is 0 Å². The second kappa shape index (κ2) is 9.52. The van der Waals surface area contributed by atoms with Crippen LogP contribution in [0.5, 0.6) is 0 Å². The molecule has 1 amide bonds. The molecule has 0 aliphatic carbocycles. The molecule has 1 aliphatic heterocycles. The number of carbonyl (C=O) groups is 1. The predicted octanol–water partition coefficient (Wildman–Crippen LogP) is 1.86. The summed E-state index contributed by atoms with van der Waals surface area (Å²) in [6.07, 6.45) is 3.43. The summed E-state index contributed by atoms with van der Waals surface area (Å²) in [6, 6.07) is 6.23. The number of nitrogens with zero attached hydrogens (tertiary/aromatic N) is 1. The molecule has 0 unspecified atom stereocenters. The Kier molecular flexibility index (Phi) is 7.68. The van der Waals surface area contributed by atoms with Gasteiger partial charge in [-0.15, -0.1) is 0 Å². The van der Waals surface area contributed by atoms with Crippen LogP contribution in [-0.4, -0.2) is 52.5 Å². The second-order valence-corrected chi connectivity index (χ2v) is 8.61. The summed E-state index contributed by atoms with van der Waals surface area (Å²) in [5, 5.41) is 3.03. The number of amides is 1. The number of hydrogen-bond donors (Lipinski definition) is 2. The van der Waals surface area contributed by atoms with Crippen molar-refractivity contribution in [1.29, 1.82) is 0 Å². The van der Waals surface area contributed by atoms with E-state index in [1.165, 1.54) is 25.0 Å². The number of halogens is 1. The number of piperidine rings is 1. The summed E-state index contributed by atoms with van der Waals surface area (Å²) < 4.78 is 26.7. The number of carbonyl (C=O) groups excluding carboxylic acids is 1. The Labute approximate surface area is 155 Å². The Morgan fingerprint density at radius 2 is 1.92 bits per heavy atom. The number of hydrogen-bond acceptors (Lipinski definition) is 4. The van der Waals surface area contributed by atoms with E-state index in [0.29, 0.717) is 12.5 Å². The van der Waals surface area contributed by atoms with Gasteiger partial charge < -0.3 is 10.2 Å². The van der Waals surface area contributed by atoms with Crippen molar-refractivity contribution < 1.29 is 13.2 Å². The first-order chi connectivity index (χ1) is 11.9. The van der Waals surface area contributed by atoms with Gasteiger partial charge in [0, 0.05) is 19.5 Å². The van der Waals surface area contributed by atoms with Crippen LogP contribution in [0.25, 0.3) is 0 Å². The van der Waals surface area contributed by atoms with Gasteiger partial charge in [-0.1, -0.05) is 23.7 Å². The minimum absolute atomic E-state index is 0.0272. The van der Waals surface area contributed by atoms with Crippen molar-refractivity contribution in [3.05, 3.63) is 29.3 Å². The van der Waals surface area contributed by atoms with Crippen LogP contribution in [0, 0.1) is 5.92 Å². The van der Waals surface area contributed by atoms with Gasteiger partial charge in [0.2, 0.25) is 15.9 Å². The molecule has 0 spiro atoms. The number of nitrogens with one attached hydrogen (secondary N) is 2. The van der Waals surface area contributed by atoms with Crippen LogP contribution in [0.1, 0.15) is 25.7 Å². The van der Waals surface area contributed by atoms with E-state index in [1.54, 1.807) is 12.1 Å². The first-order valence-corrected chi connectivity index (χ1v) is 10.4. The van der Waals surface area contributed by atoms with E-state index < -0.39 is 10.0 Å². The number of benzene rings is 1. The molecule has 1 aromatic rings. The van der Waals surface area contributed by atoms with Crippen molar-refractivity contribution in [3.8, 4) is 0 Å². The molecule has 0 radical (unpaired) electrons. The van der Waals surface area contributed by atoms with Crippen LogP contribution < -0.4 is 10.0 Å². The van der Waals surface area contributed by atoms with Gasteiger partial charge in [-0.3, -0.25) is 4.79 Å². The normalized spacial score (nSPS) is 16.7. The predicted molar refractivity (Wildman–Crippen MR) is 99.1 cm³/mol. The summed E-state index contributed by atoms with van der Waals surface area (Å²) >= 11 is 5.90. The number of likely N-dealkylation sites (tertiary alicyclic amines) is 1. The molecular formula is C17H26ClN3O3S. The van der Waals surface area contributed by atoms with Crippen molar-refractivity contribution in [2.45, 2.75) is 30.6 Å². The van der Waals surface area contributed by atoms with Crippen molar-refractivity contribution in [2.24, 2.45) is 5.92 Å². The van der Waals surface area contributed by atoms with Gasteiger partial charge in [0.1, 0.15) is 4.90 Å². The Balaban J connectivity index is 1.66. The molecule has 8 heteroatoms. The Morgan fingerprint density at radius 3 is 2.60 bits per heavy atom. The first kappa shape index (κ1) is 20.2. The SMILES string of the molecule is CN1CCC(CCNC(=O)CCNS(=O)(=O)c2ccccc2Cl)CC1. The lowest BCUT2D eigenvalue weighted by Crippen LogP contribution is -2.34. The molecule has 0 saturated carbocycles. The monoisotopic (exact) mass is 387 g/mol. The molecule has 1 fully saturated rings. The number of rotatable bonds is 8. The third-order valence-corrected chi connectivity index (χ3v) is 6.44. The highest BCUT2D eigenvalue weighted by Gasteiger charge is 2.18. The van der Waals surface area contributed by atoms with Crippen LogP contribution >= 0.6 is 11.6 Å². The maximum atomic E-state index is 12.2. The molecule has 2 rings (SSSR count). The molecule has 6 nitrogen and oxygen atoms in total. The Morgan fingerprint density at radius 1 is 1.24 bits per heavy atom. The van der Waals surface area contributed by atoms with Crippen LogP contribution in [-0.2, 0) is 14.8 Å². The van der Waals surface area contributed by atoms with E-state index in [1.807, 2.05) is 0 Å². The third kappa shape index (κ3) is 6.58. The molecule has 2 N–H and O–H groups in total. The van der Waals surface area contributed by atoms with Crippen LogP contribution in [0.4, 0.5) is 0 Å². The van der Waals surface area contributed by atoms with E-state index in [4.69, 9.17) is 11.6 Å².